The maximum atomic E-state index is 12.6. The van der Waals surface area contributed by atoms with Gasteiger partial charge in [-0.15, -0.1) is 6.58 Å². The highest BCUT2D eigenvalue weighted by Crippen LogP contribution is 2.32. The summed E-state index contributed by atoms with van der Waals surface area (Å²) < 4.78 is 37.8. The van der Waals surface area contributed by atoms with Crippen molar-refractivity contribution in [3.05, 3.63) is 46.5 Å². The first-order chi connectivity index (χ1) is 10.6. The molecular formula is C15H17Cl2F3N2O. The minimum atomic E-state index is -4.93. The normalized spacial score (nSPS) is 14.2. The molecule has 0 heterocycles. The average Bonchev–Trinajstić information content (AvgIpc) is 2.47. The van der Waals surface area contributed by atoms with Gasteiger partial charge in [-0.05, 0) is 31.2 Å². The molecule has 0 aliphatic rings. The van der Waals surface area contributed by atoms with Gasteiger partial charge in [0.2, 0.25) is 0 Å². The van der Waals surface area contributed by atoms with Crippen molar-refractivity contribution in [1.82, 2.24) is 10.2 Å². The lowest BCUT2D eigenvalue weighted by Crippen LogP contribution is -2.52. The van der Waals surface area contributed by atoms with Crippen LogP contribution in [-0.2, 0) is 10.3 Å². The molecule has 0 aliphatic heterocycles. The molecule has 0 fully saturated rings. The topological polar surface area (TPSA) is 32.3 Å². The van der Waals surface area contributed by atoms with Crippen molar-refractivity contribution in [3.63, 3.8) is 0 Å². The van der Waals surface area contributed by atoms with E-state index in [-0.39, 0.29) is 18.0 Å². The second-order valence-electron chi connectivity index (χ2n) is 5.11. The lowest BCUT2D eigenvalue weighted by atomic mass is 9.86. The van der Waals surface area contributed by atoms with E-state index in [1.54, 1.807) is 31.3 Å². The van der Waals surface area contributed by atoms with Crippen molar-refractivity contribution >= 4 is 29.1 Å². The SMILES string of the molecule is C=CC[C@](CN(C)C(=O)C(F)(F)F)(NC)c1ccc(Cl)c(Cl)c1. The molecule has 8 heteroatoms. The maximum Gasteiger partial charge on any atom is 0.471 e. The van der Waals surface area contributed by atoms with Crippen molar-refractivity contribution in [2.24, 2.45) is 0 Å². The van der Waals surface area contributed by atoms with Crippen LogP contribution < -0.4 is 5.32 Å². The highest BCUT2D eigenvalue weighted by atomic mass is 35.5. The number of carbonyl (C=O) groups excluding carboxylic acids is 1. The van der Waals surface area contributed by atoms with Crippen LogP contribution in [0.5, 0.6) is 0 Å². The fraction of sp³-hybridized carbons (Fsp3) is 0.400. The molecule has 1 rings (SSSR count). The molecule has 1 atom stereocenters. The van der Waals surface area contributed by atoms with Gasteiger partial charge in [-0.3, -0.25) is 4.79 Å². The molecule has 0 aliphatic carbocycles. The Morgan fingerprint density at radius 2 is 1.96 bits per heavy atom. The van der Waals surface area contributed by atoms with Crippen LogP contribution in [0, 0.1) is 0 Å². The number of amides is 1. The molecule has 1 amide bonds. The summed E-state index contributed by atoms with van der Waals surface area (Å²) in [5, 5.41) is 3.59. The zero-order valence-corrected chi connectivity index (χ0v) is 14.2. The van der Waals surface area contributed by atoms with E-state index in [0.29, 0.717) is 15.5 Å². The van der Waals surface area contributed by atoms with Crippen LogP contribution in [0.15, 0.2) is 30.9 Å². The zero-order valence-electron chi connectivity index (χ0n) is 12.7. The van der Waals surface area contributed by atoms with Gasteiger partial charge in [0.25, 0.3) is 0 Å². The molecule has 1 aromatic carbocycles. The summed E-state index contributed by atoms with van der Waals surface area (Å²) in [6.07, 6.45) is -3.08. The van der Waals surface area contributed by atoms with E-state index in [2.05, 4.69) is 11.9 Å². The molecule has 1 N–H and O–H groups in total. The summed E-state index contributed by atoms with van der Waals surface area (Å²) >= 11 is 11.9. The van der Waals surface area contributed by atoms with Gasteiger partial charge in [-0.25, -0.2) is 0 Å². The molecule has 0 bridgehead atoms. The van der Waals surface area contributed by atoms with E-state index >= 15 is 0 Å². The van der Waals surface area contributed by atoms with Gasteiger partial charge in [-0.1, -0.05) is 35.3 Å². The van der Waals surface area contributed by atoms with Gasteiger partial charge >= 0.3 is 12.1 Å². The number of benzene rings is 1. The summed E-state index contributed by atoms with van der Waals surface area (Å²) in [6, 6.07) is 4.77. The molecule has 0 unspecified atom stereocenters. The van der Waals surface area contributed by atoms with Gasteiger partial charge in [-0.2, -0.15) is 13.2 Å². The first kappa shape index (κ1) is 19.8. The van der Waals surface area contributed by atoms with Gasteiger partial charge in [0, 0.05) is 13.6 Å². The lowest BCUT2D eigenvalue weighted by Gasteiger charge is -2.37. The smallest absolute Gasteiger partial charge is 0.336 e. The van der Waals surface area contributed by atoms with E-state index in [1.165, 1.54) is 0 Å². The monoisotopic (exact) mass is 368 g/mol. The van der Waals surface area contributed by atoms with Gasteiger partial charge < -0.3 is 10.2 Å². The Hall–Kier alpha value is -1.24. The van der Waals surface area contributed by atoms with E-state index in [1.807, 2.05) is 0 Å². The largest absolute Gasteiger partial charge is 0.471 e. The van der Waals surface area contributed by atoms with Crippen molar-refractivity contribution in [3.8, 4) is 0 Å². The average molecular weight is 369 g/mol. The number of halogens is 5. The Labute approximate surface area is 143 Å². The standard InChI is InChI=1S/C15H17Cl2F3N2O/c1-4-7-14(21-2,9-22(3)13(23)15(18,19)20)10-5-6-11(16)12(17)8-10/h4-6,8,21H,1,7,9H2,2-3H3/t14-/m1/s1. The lowest BCUT2D eigenvalue weighted by molar-refractivity contribution is -0.184. The summed E-state index contributed by atoms with van der Waals surface area (Å²) in [6.45, 7) is 3.42. The third kappa shape index (κ3) is 4.62. The van der Waals surface area contributed by atoms with Crippen LogP contribution in [0.1, 0.15) is 12.0 Å². The van der Waals surface area contributed by atoms with Crippen LogP contribution in [0.4, 0.5) is 13.2 Å². The fourth-order valence-electron chi connectivity index (χ4n) is 2.33. The minimum absolute atomic E-state index is 0.216. The van der Waals surface area contributed by atoms with Crippen molar-refractivity contribution in [2.45, 2.75) is 18.1 Å². The second kappa shape index (κ2) is 7.55. The Balaban J connectivity index is 3.24. The summed E-state index contributed by atoms with van der Waals surface area (Å²) in [5.41, 5.74) is -0.359. The molecule has 128 valence electrons. The van der Waals surface area contributed by atoms with E-state index in [9.17, 15) is 18.0 Å². The van der Waals surface area contributed by atoms with Crippen LogP contribution in [0.25, 0.3) is 0 Å². The number of likely N-dealkylation sites (N-methyl/N-ethyl adjacent to an activating group) is 2. The number of alkyl halides is 3. The Kier molecular flexibility index (Phi) is 6.50. The Bertz CT molecular complexity index is 593. The van der Waals surface area contributed by atoms with Crippen LogP contribution in [0.3, 0.4) is 0 Å². The minimum Gasteiger partial charge on any atom is -0.336 e. The quantitative estimate of drug-likeness (QED) is 0.769. The number of nitrogens with zero attached hydrogens (tertiary/aromatic N) is 1. The van der Waals surface area contributed by atoms with Crippen LogP contribution >= 0.6 is 23.2 Å². The molecule has 0 saturated carbocycles. The number of hydrogen-bond acceptors (Lipinski definition) is 2. The maximum absolute atomic E-state index is 12.6. The Morgan fingerprint density at radius 3 is 2.39 bits per heavy atom. The number of carbonyl (C=O) groups is 1. The molecule has 3 nitrogen and oxygen atoms in total. The number of rotatable bonds is 6. The fourth-order valence-corrected chi connectivity index (χ4v) is 2.63. The highest BCUT2D eigenvalue weighted by molar-refractivity contribution is 6.42. The molecule has 0 spiro atoms. The van der Waals surface area contributed by atoms with E-state index in [4.69, 9.17) is 23.2 Å². The number of nitrogens with one attached hydrogen (secondary N) is 1. The van der Waals surface area contributed by atoms with Crippen LogP contribution in [0.2, 0.25) is 10.0 Å². The summed E-state index contributed by atoms with van der Waals surface area (Å²) in [5.74, 6) is -1.92. The van der Waals surface area contributed by atoms with Crippen molar-refractivity contribution in [1.29, 1.82) is 0 Å². The predicted molar refractivity (Wildman–Crippen MR) is 85.7 cm³/mol. The predicted octanol–water partition coefficient (Wildman–Crippen LogP) is 4.00. The summed E-state index contributed by atoms with van der Waals surface area (Å²) in [4.78, 5) is 12.0. The summed E-state index contributed by atoms with van der Waals surface area (Å²) in [7, 11) is 2.69. The first-order valence-corrected chi connectivity index (χ1v) is 7.40. The third-order valence-corrected chi connectivity index (χ3v) is 4.28. The highest BCUT2D eigenvalue weighted by Gasteiger charge is 2.43. The van der Waals surface area contributed by atoms with Gasteiger partial charge in [0.05, 0.1) is 15.6 Å². The van der Waals surface area contributed by atoms with E-state index < -0.39 is 17.6 Å². The Morgan fingerprint density at radius 1 is 1.35 bits per heavy atom. The second-order valence-corrected chi connectivity index (χ2v) is 5.93. The van der Waals surface area contributed by atoms with Gasteiger partial charge in [0.15, 0.2) is 0 Å². The van der Waals surface area contributed by atoms with E-state index in [0.717, 1.165) is 7.05 Å². The number of hydrogen-bond donors (Lipinski definition) is 1. The van der Waals surface area contributed by atoms with Crippen LogP contribution in [-0.4, -0.2) is 37.6 Å². The molecule has 0 saturated heterocycles. The van der Waals surface area contributed by atoms with Crippen molar-refractivity contribution in [2.75, 3.05) is 20.6 Å². The zero-order chi connectivity index (χ0) is 17.8. The molecular weight excluding hydrogens is 352 g/mol. The molecule has 0 radical (unpaired) electrons. The third-order valence-electron chi connectivity index (χ3n) is 3.54. The van der Waals surface area contributed by atoms with Crippen molar-refractivity contribution < 1.29 is 18.0 Å². The molecule has 0 aromatic heterocycles. The first-order valence-electron chi connectivity index (χ1n) is 6.65. The molecule has 23 heavy (non-hydrogen) atoms. The molecule has 1 aromatic rings. The van der Waals surface area contributed by atoms with Gasteiger partial charge in [0.1, 0.15) is 0 Å².